The lowest BCUT2D eigenvalue weighted by Crippen LogP contribution is -2.07. The minimum atomic E-state index is -4.66. The van der Waals surface area contributed by atoms with E-state index in [-0.39, 0.29) is 16.3 Å². The summed E-state index contributed by atoms with van der Waals surface area (Å²) in [6, 6.07) is 21.9. The highest BCUT2D eigenvalue weighted by Crippen LogP contribution is 2.54. The first-order valence-electron chi connectivity index (χ1n) is 10.2. The predicted molar refractivity (Wildman–Crippen MR) is 132 cm³/mol. The van der Waals surface area contributed by atoms with Crippen molar-refractivity contribution in [3.8, 4) is 0 Å². The standard InChI is InChI=1S/C26H16N2O3S/c27-24-21-16-9-4-3-8-15(16)19-17-11-5-10-13-12-6-1-2-7-14(12)20(18(13)17)23(22(19)21)26(25(24)28)32(29,30)31/h1-11H,27-28H2,(H,29,30,31). The smallest absolute Gasteiger partial charge is 0.297 e. The van der Waals surface area contributed by atoms with E-state index in [1.807, 2.05) is 60.7 Å². The van der Waals surface area contributed by atoms with Gasteiger partial charge >= 0.3 is 0 Å². The molecule has 0 heterocycles. The van der Waals surface area contributed by atoms with Crippen molar-refractivity contribution in [3.05, 3.63) is 66.7 Å². The summed E-state index contributed by atoms with van der Waals surface area (Å²) in [5, 5.41) is 10.5. The molecule has 0 saturated carbocycles. The first-order valence-corrected chi connectivity index (χ1v) is 11.6. The Morgan fingerprint density at radius 3 is 1.62 bits per heavy atom. The Kier molecular flexibility index (Phi) is 3.04. The van der Waals surface area contributed by atoms with E-state index in [0.717, 1.165) is 59.2 Å². The third-order valence-electron chi connectivity index (χ3n) is 6.83. The first kappa shape index (κ1) is 17.8. The molecule has 0 atom stereocenters. The van der Waals surface area contributed by atoms with Crippen molar-refractivity contribution in [2.75, 3.05) is 11.5 Å². The maximum Gasteiger partial charge on any atom is 0.297 e. The number of hydrogen-bond acceptors (Lipinski definition) is 4. The van der Waals surface area contributed by atoms with E-state index in [9.17, 15) is 13.0 Å². The molecule has 7 rings (SSSR count). The zero-order valence-corrected chi connectivity index (χ0v) is 17.5. The molecular weight excluding hydrogens is 420 g/mol. The van der Waals surface area contributed by atoms with Gasteiger partial charge in [0.15, 0.2) is 0 Å². The van der Waals surface area contributed by atoms with Crippen LogP contribution in [-0.4, -0.2) is 13.0 Å². The van der Waals surface area contributed by atoms with Crippen LogP contribution in [0.3, 0.4) is 0 Å². The summed E-state index contributed by atoms with van der Waals surface area (Å²) < 4.78 is 35.7. The molecule has 0 aromatic heterocycles. The number of nitrogens with two attached hydrogens (primary N) is 2. The fraction of sp³-hybridized carbons (Fsp3) is 0. The molecular formula is C26H16N2O3S. The lowest BCUT2D eigenvalue weighted by molar-refractivity contribution is 0.484. The van der Waals surface area contributed by atoms with Crippen LogP contribution < -0.4 is 11.5 Å². The minimum Gasteiger partial charge on any atom is -0.396 e. The number of hydrogen-bond donors (Lipinski definition) is 3. The second-order valence-corrected chi connectivity index (χ2v) is 9.68. The highest BCUT2D eigenvalue weighted by atomic mass is 32.2. The number of anilines is 2. The molecule has 0 unspecified atom stereocenters. The second kappa shape index (κ2) is 5.48. The van der Waals surface area contributed by atoms with Crippen LogP contribution in [-0.2, 0) is 10.1 Å². The zero-order chi connectivity index (χ0) is 21.9. The molecule has 0 saturated heterocycles. The maximum atomic E-state index is 12.7. The van der Waals surface area contributed by atoms with Crippen LogP contribution in [0, 0.1) is 0 Å². The van der Waals surface area contributed by atoms with Crippen molar-refractivity contribution < 1.29 is 13.0 Å². The van der Waals surface area contributed by atoms with E-state index < -0.39 is 10.1 Å². The summed E-state index contributed by atoms with van der Waals surface area (Å²) in [5.74, 6) is 0. The van der Waals surface area contributed by atoms with E-state index in [1.54, 1.807) is 0 Å². The fourth-order valence-electron chi connectivity index (χ4n) is 5.72. The van der Waals surface area contributed by atoms with Crippen LogP contribution in [0.5, 0.6) is 0 Å². The molecule has 0 amide bonds. The molecule has 154 valence electrons. The molecule has 0 bridgehead atoms. The van der Waals surface area contributed by atoms with Gasteiger partial charge in [-0.1, -0.05) is 66.7 Å². The predicted octanol–water partition coefficient (Wildman–Crippen LogP) is 5.89. The summed E-state index contributed by atoms with van der Waals surface area (Å²) in [4.78, 5) is -0.314. The van der Waals surface area contributed by atoms with Gasteiger partial charge in [0.2, 0.25) is 0 Å². The quantitative estimate of drug-likeness (QED) is 0.169. The van der Waals surface area contributed by atoms with Crippen molar-refractivity contribution in [2.24, 2.45) is 0 Å². The van der Waals surface area contributed by atoms with Gasteiger partial charge in [-0.25, -0.2) is 0 Å². The number of fused-ring (bicyclic) bond motifs is 8. The van der Waals surface area contributed by atoms with Crippen LogP contribution in [0.4, 0.5) is 11.4 Å². The van der Waals surface area contributed by atoms with Gasteiger partial charge in [-0.05, 0) is 43.1 Å². The molecule has 5 N–H and O–H groups in total. The Morgan fingerprint density at radius 2 is 0.969 bits per heavy atom. The fourth-order valence-corrected chi connectivity index (χ4v) is 6.57. The molecule has 7 aromatic carbocycles. The monoisotopic (exact) mass is 436 g/mol. The molecule has 5 nitrogen and oxygen atoms in total. The van der Waals surface area contributed by atoms with Crippen LogP contribution in [0.2, 0.25) is 0 Å². The van der Waals surface area contributed by atoms with Crippen molar-refractivity contribution >= 4 is 86.1 Å². The maximum absolute atomic E-state index is 12.7. The molecule has 0 fully saturated rings. The molecule has 7 aromatic rings. The Hall–Kier alpha value is -3.87. The minimum absolute atomic E-state index is 0.116. The van der Waals surface area contributed by atoms with Crippen molar-refractivity contribution in [1.82, 2.24) is 0 Å². The van der Waals surface area contributed by atoms with Crippen LogP contribution in [0.15, 0.2) is 71.6 Å². The average molecular weight is 436 g/mol. The van der Waals surface area contributed by atoms with Gasteiger partial charge in [0.05, 0.1) is 11.4 Å². The van der Waals surface area contributed by atoms with Crippen LogP contribution >= 0.6 is 0 Å². The van der Waals surface area contributed by atoms with Gasteiger partial charge in [0.25, 0.3) is 10.1 Å². The zero-order valence-electron chi connectivity index (χ0n) is 16.7. The van der Waals surface area contributed by atoms with Gasteiger partial charge in [0, 0.05) is 21.5 Å². The van der Waals surface area contributed by atoms with Crippen molar-refractivity contribution in [3.63, 3.8) is 0 Å². The summed E-state index contributed by atoms with van der Waals surface area (Å²) in [7, 11) is -4.66. The number of rotatable bonds is 1. The van der Waals surface area contributed by atoms with E-state index in [1.165, 1.54) is 0 Å². The number of benzene rings is 5. The molecule has 0 spiro atoms. The Bertz CT molecular complexity index is 2030. The third kappa shape index (κ3) is 1.86. The molecule has 0 aliphatic carbocycles. The lowest BCUT2D eigenvalue weighted by atomic mass is 9.94. The molecule has 6 heteroatoms. The van der Waals surface area contributed by atoms with Gasteiger partial charge in [-0.3, -0.25) is 4.55 Å². The normalized spacial score (nSPS) is 13.0. The third-order valence-corrected chi connectivity index (χ3v) is 7.77. The lowest BCUT2D eigenvalue weighted by Gasteiger charge is -2.15. The Labute approximate surface area is 182 Å². The highest BCUT2D eigenvalue weighted by molar-refractivity contribution is 7.86. The van der Waals surface area contributed by atoms with E-state index in [2.05, 4.69) is 6.07 Å². The molecule has 0 aliphatic rings. The van der Waals surface area contributed by atoms with Crippen molar-refractivity contribution in [1.29, 1.82) is 0 Å². The van der Waals surface area contributed by atoms with E-state index >= 15 is 0 Å². The topological polar surface area (TPSA) is 106 Å². The van der Waals surface area contributed by atoms with Crippen molar-refractivity contribution in [2.45, 2.75) is 4.90 Å². The Morgan fingerprint density at radius 1 is 0.500 bits per heavy atom. The number of nitrogen functional groups attached to an aromatic ring is 2. The van der Waals surface area contributed by atoms with Crippen LogP contribution in [0.25, 0.3) is 64.6 Å². The average Bonchev–Trinajstić information content (AvgIpc) is 3.29. The summed E-state index contributed by atoms with van der Waals surface area (Å²) in [6.07, 6.45) is 0. The summed E-state index contributed by atoms with van der Waals surface area (Å²) in [5.41, 5.74) is 12.8. The Balaban J connectivity index is 2.05. The van der Waals surface area contributed by atoms with E-state index in [0.29, 0.717) is 5.39 Å². The summed E-state index contributed by atoms with van der Waals surface area (Å²) in [6.45, 7) is 0. The van der Waals surface area contributed by atoms with Crippen LogP contribution in [0.1, 0.15) is 0 Å². The van der Waals surface area contributed by atoms with Gasteiger partial charge in [-0.15, -0.1) is 0 Å². The first-order chi connectivity index (χ1) is 15.4. The van der Waals surface area contributed by atoms with Gasteiger partial charge in [0.1, 0.15) is 4.90 Å². The molecule has 0 radical (unpaired) electrons. The second-order valence-electron chi connectivity index (χ2n) is 8.33. The highest BCUT2D eigenvalue weighted by Gasteiger charge is 2.30. The van der Waals surface area contributed by atoms with Gasteiger partial charge < -0.3 is 11.5 Å². The summed E-state index contributed by atoms with van der Waals surface area (Å²) >= 11 is 0. The largest absolute Gasteiger partial charge is 0.396 e. The van der Waals surface area contributed by atoms with E-state index in [4.69, 9.17) is 11.5 Å². The molecule has 32 heavy (non-hydrogen) atoms. The molecule has 0 aliphatic heterocycles. The van der Waals surface area contributed by atoms with Gasteiger partial charge in [-0.2, -0.15) is 8.42 Å². The SMILES string of the molecule is Nc1c(N)c2c3ccccc3c3c4cccc5c6ccccc6c(c(c1S(=O)(=O)O)c23)c54.